The number of pyridine rings is 1. The number of benzene rings is 2. The smallest absolute Gasteiger partial charge is 0.269 e. The van der Waals surface area contributed by atoms with E-state index in [1.54, 1.807) is 24.4 Å². The highest BCUT2D eigenvalue weighted by atomic mass is 16.5. The molecule has 0 radical (unpaired) electrons. The van der Waals surface area contributed by atoms with Crippen LogP contribution >= 0.6 is 0 Å². The number of nitrogens with zero attached hydrogens (tertiary/aromatic N) is 1. The van der Waals surface area contributed by atoms with Crippen molar-refractivity contribution in [3.05, 3.63) is 72.6 Å². The van der Waals surface area contributed by atoms with E-state index in [4.69, 9.17) is 4.74 Å². The Hall–Kier alpha value is -2.88. The lowest BCUT2D eigenvalue weighted by molar-refractivity contribution is 0.0942. The molecular weight excluding hydrogens is 276 g/mol. The van der Waals surface area contributed by atoms with Gasteiger partial charge in [-0.25, -0.2) is 0 Å². The summed E-state index contributed by atoms with van der Waals surface area (Å²) in [5, 5.41) is 5.10. The van der Waals surface area contributed by atoms with Gasteiger partial charge in [-0.2, -0.15) is 0 Å². The van der Waals surface area contributed by atoms with Gasteiger partial charge in [0.1, 0.15) is 18.1 Å². The number of ether oxygens (including phenoxy) is 1. The van der Waals surface area contributed by atoms with Crippen LogP contribution in [0.3, 0.4) is 0 Å². The molecule has 2 aromatic carbocycles. The van der Waals surface area contributed by atoms with Crippen LogP contribution in [-0.2, 0) is 0 Å². The third kappa shape index (κ3) is 3.41. The average Bonchev–Trinajstić information content (AvgIpc) is 2.59. The van der Waals surface area contributed by atoms with Gasteiger partial charge in [-0.05, 0) is 35.0 Å². The molecule has 3 aromatic rings. The highest BCUT2D eigenvalue weighted by molar-refractivity contribution is 5.92. The molecule has 0 unspecified atom stereocenters. The fraction of sp³-hybridized carbons (Fsp3) is 0.111. The summed E-state index contributed by atoms with van der Waals surface area (Å²) in [5.74, 6) is 0.605. The number of aromatic nitrogens is 1. The molecule has 0 aliphatic carbocycles. The van der Waals surface area contributed by atoms with Gasteiger partial charge in [0.2, 0.25) is 0 Å². The Kier molecular flexibility index (Phi) is 4.30. The molecule has 1 aromatic heterocycles. The van der Waals surface area contributed by atoms with Gasteiger partial charge in [-0.15, -0.1) is 0 Å². The van der Waals surface area contributed by atoms with Crippen LogP contribution in [0.4, 0.5) is 0 Å². The SMILES string of the molecule is O=C(NCCOc1ccc2ccccc2c1)c1ccccn1. The van der Waals surface area contributed by atoms with Crippen LogP contribution in [0.1, 0.15) is 10.5 Å². The zero-order chi connectivity index (χ0) is 15.2. The number of fused-ring (bicyclic) bond motifs is 1. The minimum Gasteiger partial charge on any atom is -0.492 e. The maximum atomic E-state index is 11.8. The molecule has 3 rings (SSSR count). The summed E-state index contributed by atoms with van der Waals surface area (Å²) in [7, 11) is 0. The van der Waals surface area contributed by atoms with Crippen molar-refractivity contribution in [3.8, 4) is 5.75 Å². The Morgan fingerprint density at radius 1 is 1.00 bits per heavy atom. The van der Waals surface area contributed by atoms with Gasteiger partial charge in [-0.3, -0.25) is 9.78 Å². The van der Waals surface area contributed by atoms with Crippen molar-refractivity contribution >= 4 is 16.7 Å². The zero-order valence-electron chi connectivity index (χ0n) is 12.0. The monoisotopic (exact) mass is 292 g/mol. The molecule has 4 nitrogen and oxygen atoms in total. The summed E-state index contributed by atoms with van der Waals surface area (Å²) >= 11 is 0. The van der Waals surface area contributed by atoms with Crippen molar-refractivity contribution in [2.24, 2.45) is 0 Å². The number of carbonyl (C=O) groups is 1. The summed E-state index contributed by atoms with van der Waals surface area (Å²) < 4.78 is 5.67. The fourth-order valence-electron chi connectivity index (χ4n) is 2.18. The van der Waals surface area contributed by atoms with Crippen LogP contribution in [0.15, 0.2) is 66.9 Å². The second kappa shape index (κ2) is 6.72. The van der Waals surface area contributed by atoms with E-state index >= 15 is 0 Å². The van der Waals surface area contributed by atoms with Gasteiger partial charge >= 0.3 is 0 Å². The van der Waals surface area contributed by atoms with Crippen molar-refractivity contribution in [2.75, 3.05) is 13.2 Å². The van der Waals surface area contributed by atoms with E-state index < -0.39 is 0 Å². The lowest BCUT2D eigenvalue weighted by atomic mass is 10.1. The molecule has 0 fully saturated rings. The Labute approximate surface area is 128 Å². The van der Waals surface area contributed by atoms with Crippen molar-refractivity contribution in [1.29, 1.82) is 0 Å². The Morgan fingerprint density at radius 2 is 1.82 bits per heavy atom. The topological polar surface area (TPSA) is 51.2 Å². The zero-order valence-corrected chi connectivity index (χ0v) is 12.0. The summed E-state index contributed by atoms with van der Waals surface area (Å²) in [6, 6.07) is 19.3. The molecule has 0 bridgehead atoms. The second-order valence-electron chi connectivity index (χ2n) is 4.83. The summed E-state index contributed by atoms with van der Waals surface area (Å²) in [5.41, 5.74) is 0.410. The molecular formula is C18H16N2O2. The number of nitrogens with one attached hydrogen (secondary N) is 1. The molecule has 0 aliphatic rings. The first-order valence-corrected chi connectivity index (χ1v) is 7.14. The maximum Gasteiger partial charge on any atom is 0.269 e. The lowest BCUT2D eigenvalue weighted by Gasteiger charge is -2.08. The van der Waals surface area contributed by atoms with E-state index in [0.29, 0.717) is 18.8 Å². The van der Waals surface area contributed by atoms with Crippen molar-refractivity contribution in [3.63, 3.8) is 0 Å². The third-order valence-corrected chi connectivity index (χ3v) is 3.27. The highest BCUT2D eigenvalue weighted by Gasteiger charge is 2.04. The van der Waals surface area contributed by atoms with Crippen LogP contribution in [0.2, 0.25) is 0 Å². The quantitative estimate of drug-likeness (QED) is 0.735. The van der Waals surface area contributed by atoms with E-state index in [2.05, 4.69) is 16.4 Å². The molecule has 0 atom stereocenters. The fourth-order valence-corrected chi connectivity index (χ4v) is 2.18. The van der Waals surface area contributed by atoms with E-state index in [1.807, 2.05) is 36.4 Å². The van der Waals surface area contributed by atoms with Crippen LogP contribution < -0.4 is 10.1 Å². The van der Waals surface area contributed by atoms with Crippen molar-refractivity contribution < 1.29 is 9.53 Å². The second-order valence-corrected chi connectivity index (χ2v) is 4.83. The van der Waals surface area contributed by atoms with Gasteiger partial charge in [-0.1, -0.05) is 36.4 Å². The van der Waals surface area contributed by atoms with Crippen LogP contribution in [0, 0.1) is 0 Å². The summed E-state index contributed by atoms with van der Waals surface area (Å²) in [6.45, 7) is 0.846. The number of hydrogen-bond donors (Lipinski definition) is 1. The first-order chi connectivity index (χ1) is 10.8. The lowest BCUT2D eigenvalue weighted by Crippen LogP contribution is -2.28. The predicted octanol–water partition coefficient (Wildman–Crippen LogP) is 3.04. The first-order valence-electron chi connectivity index (χ1n) is 7.14. The van der Waals surface area contributed by atoms with Crippen molar-refractivity contribution in [1.82, 2.24) is 10.3 Å². The predicted molar refractivity (Wildman–Crippen MR) is 86.0 cm³/mol. The van der Waals surface area contributed by atoms with Gasteiger partial charge < -0.3 is 10.1 Å². The number of rotatable bonds is 5. The average molecular weight is 292 g/mol. The first kappa shape index (κ1) is 14.1. The van der Waals surface area contributed by atoms with E-state index in [-0.39, 0.29) is 5.91 Å². The molecule has 0 aliphatic heterocycles. The summed E-state index contributed by atoms with van der Waals surface area (Å²) in [6.07, 6.45) is 1.60. The molecule has 110 valence electrons. The van der Waals surface area contributed by atoms with Crippen LogP contribution in [0.5, 0.6) is 5.75 Å². The van der Waals surface area contributed by atoms with Crippen LogP contribution in [0.25, 0.3) is 10.8 Å². The van der Waals surface area contributed by atoms with E-state index in [1.165, 1.54) is 5.39 Å². The van der Waals surface area contributed by atoms with Gasteiger partial charge in [0.25, 0.3) is 5.91 Å². The van der Waals surface area contributed by atoms with E-state index in [0.717, 1.165) is 11.1 Å². The number of hydrogen-bond acceptors (Lipinski definition) is 3. The Bertz CT molecular complexity index is 772. The van der Waals surface area contributed by atoms with Gasteiger partial charge in [0, 0.05) is 6.20 Å². The minimum absolute atomic E-state index is 0.192. The number of amides is 1. The normalized spacial score (nSPS) is 10.4. The largest absolute Gasteiger partial charge is 0.492 e. The van der Waals surface area contributed by atoms with Gasteiger partial charge in [0.15, 0.2) is 0 Å². The molecule has 4 heteroatoms. The Morgan fingerprint density at radius 3 is 2.64 bits per heavy atom. The molecule has 0 saturated heterocycles. The summed E-state index contributed by atoms with van der Waals surface area (Å²) in [4.78, 5) is 15.8. The number of carbonyl (C=O) groups excluding carboxylic acids is 1. The van der Waals surface area contributed by atoms with Gasteiger partial charge in [0.05, 0.1) is 6.54 Å². The van der Waals surface area contributed by atoms with Crippen LogP contribution in [-0.4, -0.2) is 24.0 Å². The van der Waals surface area contributed by atoms with E-state index in [9.17, 15) is 4.79 Å². The third-order valence-electron chi connectivity index (χ3n) is 3.27. The Balaban J connectivity index is 1.51. The molecule has 22 heavy (non-hydrogen) atoms. The maximum absolute atomic E-state index is 11.8. The standard InChI is InChI=1S/C18H16N2O2/c21-18(17-7-3-4-10-19-17)20-11-12-22-16-9-8-14-5-1-2-6-15(14)13-16/h1-10,13H,11-12H2,(H,20,21). The van der Waals surface area contributed by atoms with Crippen molar-refractivity contribution in [2.45, 2.75) is 0 Å². The molecule has 0 spiro atoms. The highest BCUT2D eigenvalue weighted by Crippen LogP contribution is 2.20. The molecule has 1 heterocycles. The minimum atomic E-state index is -0.192. The molecule has 1 amide bonds. The molecule has 1 N–H and O–H groups in total. The molecule has 0 saturated carbocycles.